The number of ether oxygens (including phenoxy) is 1. The highest BCUT2D eigenvalue weighted by molar-refractivity contribution is 9.10. The predicted octanol–water partition coefficient (Wildman–Crippen LogP) is 2.73. The summed E-state index contributed by atoms with van der Waals surface area (Å²) < 4.78 is 6.15. The molecule has 0 atom stereocenters. The minimum absolute atomic E-state index is 0.334. The predicted molar refractivity (Wildman–Crippen MR) is 72.9 cm³/mol. The Kier molecular flexibility index (Phi) is 3.25. The van der Waals surface area contributed by atoms with E-state index in [2.05, 4.69) is 26.1 Å². The van der Waals surface area contributed by atoms with Crippen LogP contribution in [0.15, 0.2) is 34.9 Å². The van der Waals surface area contributed by atoms with Crippen LogP contribution in [0.5, 0.6) is 5.75 Å². The number of aromatic nitrogens is 2. The molecule has 1 aliphatic heterocycles. The van der Waals surface area contributed by atoms with Gasteiger partial charge in [0.1, 0.15) is 5.75 Å². The van der Waals surface area contributed by atoms with Gasteiger partial charge in [0, 0.05) is 24.2 Å². The van der Waals surface area contributed by atoms with Gasteiger partial charge < -0.3 is 9.64 Å². The molecule has 98 valence electrons. The fourth-order valence-corrected chi connectivity index (χ4v) is 2.43. The standard InChI is InChI=1S/C13H12BrN3O2/c14-10-3-1-2-4-12(10)19-13(18)17-6-5-11-9(8-17)7-15-16-11/h1-4,7H,5-6,8H2,(H,15,16). The van der Waals surface area contributed by atoms with Crippen molar-refractivity contribution in [1.29, 1.82) is 0 Å². The normalized spacial score (nSPS) is 14.1. The summed E-state index contributed by atoms with van der Waals surface area (Å²) in [4.78, 5) is 13.8. The van der Waals surface area contributed by atoms with Gasteiger partial charge in [-0.1, -0.05) is 12.1 Å². The molecule has 0 saturated heterocycles. The van der Waals surface area contributed by atoms with E-state index < -0.39 is 0 Å². The van der Waals surface area contributed by atoms with Crippen LogP contribution in [0, 0.1) is 0 Å². The molecule has 1 aromatic carbocycles. The zero-order chi connectivity index (χ0) is 13.2. The first-order valence-electron chi connectivity index (χ1n) is 5.96. The molecule has 0 radical (unpaired) electrons. The molecule has 1 N–H and O–H groups in total. The lowest BCUT2D eigenvalue weighted by Crippen LogP contribution is -2.37. The topological polar surface area (TPSA) is 58.2 Å². The van der Waals surface area contributed by atoms with Gasteiger partial charge in [0.2, 0.25) is 0 Å². The molecule has 5 nitrogen and oxygen atoms in total. The third kappa shape index (κ3) is 2.49. The number of hydrogen-bond acceptors (Lipinski definition) is 3. The molecule has 0 spiro atoms. The molecular weight excluding hydrogens is 310 g/mol. The number of para-hydroxylation sites is 1. The fraction of sp³-hybridized carbons (Fsp3) is 0.231. The molecule has 0 bridgehead atoms. The highest BCUT2D eigenvalue weighted by Crippen LogP contribution is 2.25. The summed E-state index contributed by atoms with van der Waals surface area (Å²) in [5.41, 5.74) is 2.15. The molecule has 1 aromatic heterocycles. The molecule has 2 aromatic rings. The lowest BCUT2D eigenvalue weighted by atomic mass is 10.1. The summed E-state index contributed by atoms with van der Waals surface area (Å²) in [5, 5.41) is 6.92. The second-order valence-corrected chi connectivity index (χ2v) is 5.20. The Morgan fingerprint density at radius 3 is 3.11 bits per heavy atom. The molecule has 1 aliphatic rings. The van der Waals surface area contributed by atoms with E-state index in [4.69, 9.17) is 4.74 Å². The van der Waals surface area contributed by atoms with Crippen molar-refractivity contribution < 1.29 is 9.53 Å². The second-order valence-electron chi connectivity index (χ2n) is 4.34. The van der Waals surface area contributed by atoms with Gasteiger partial charge in [-0.2, -0.15) is 5.10 Å². The Hall–Kier alpha value is -1.82. The number of benzene rings is 1. The van der Waals surface area contributed by atoms with Crippen LogP contribution >= 0.6 is 15.9 Å². The maximum atomic E-state index is 12.1. The molecule has 0 fully saturated rings. The SMILES string of the molecule is O=C(Oc1ccccc1Br)N1CCc2[nH]ncc2C1. The molecule has 3 rings (SSSR count). The number of rotatable bonds is 1. The first kappa shape index (κ1) is 12.2. The number of carbonyl (C=O) groups is 1. The Morgan fingerprint density at radius 2 is 2.26 bits per heavy atom. The van der Waals surface area contributed by atoms with Crippen molar-refractivity contribution in [2.24, 2.45) is 0 Å². The Morgan fingerprint density at radius 1 is 1.42 bits per heavy atom. The number of nitrogens with one attached hydrogen (secondary N) is 1. The third-order valence-electron chi connectivity index (χ3n) is 3.09. The van der Waals surface area contributed by atoms with E-state index in [9.17, 15) is 4.79 Å². The maximum absolute atomic E-state index is 12.1. The van der Waals surface area contributed by atoms with Crippen LogP contribution in [0.4, 0.5) is 4.79 Å². The molecule has 0 saturated carbocycles. The van der Waals surface area contributed by atoms with Crippen LogP contribution in [0.1, 0.15) is 11.3 Å². The van der Waals surface area contributed by atoms with Gasteiger partial charge in [0.15, 0.2) is 0 Å². The van der Waals surface area contributed by atoms with Gasteiger partial charge in [-0.25, -0.2) is 4.79 Å². The van der Waals surface area contributed by atoms with Crippen LogP contribution in [0.2, 0.25) is 0 Å². The quantitative estimate of drug-likeness (QED) is 0.878. The van der Waals surface area contributed by atoms with Gasteiger partial charge >= 0.3 is 6.09 Å². The highest BCUT2D eigenvalue weighted by atomic mass is 79.9. The van der Waals surface area contributed by atoms with Crippen LogP contribution < -0.4 is 4.74 Å². The molecule has 0 aliphatic carbocycles. The van der Waals surface area contributed by atoms with Gasteiger partial charge in [0.25, 0.3) is 0 Å². The average Bonchev–Trinajstić information content (AvgIpc) is 2.88. The van der Waals surface area contributed by atoms with Crippen molar-refractivity contribution in [3.8, 4) is 5.75 Å². The van der Waals surface area contributed by atoms with Crippen molar-refractivity contribution in [2.75, 3.05) is 6.54 Å². The van der Waals surface area contributed by atoms with Gasteiger partial charge in [-0.15, -0.1) is 0 Å². The lowest BCUT2D eigenvalue weighted by Gasteiger charge is -2.25. The molecule has 2 heterocycles. The van der Waals surface area contributed by atoms with Crippen molar-refractivity contribution in [3.05, 3.63) is 46.2 Å². The van der Waals surface area contributed by atoms with E-state index in [1.165, 1.54) is 0 Å². The van der Waals surface area contributed by atoms with Gasteiger partial charge in [-0.05, 0) is 28.1 Å². The number of nitrogens with zero attached hydrogens (tertiary/aromatic N) is 2. The Labute approximate surface area is 118 Å². The number of aromatic amines is 1. The van der Waals surface area contributed by atoms with Crippen LogP contribution in [-0.2, 0) is 13.0 Å². The minimum atomic E-state index is -0.334. The van der Waals surface area contributed by atoms with E-state index in [0.29, 0.717) is 18.8 Å². The summed E-state index contributed by atoms with van der Waals surface area (Å²) in [7, 11) is 0. The van der Waals surface area contributed by atoms with Crippen LogP contribution in [-0.4, -0.2) is 27.7 Å². The zero-order valence-corrected chi connectivity index (χ0v) is 11.7. The largest absolute Gasteiger partial charge is 0.415 e. The van der Waals surface area contributed by atoms with E-state index in [0.717, 1.165) is 22.2 Å². The number of fused-ring (bicyclic) bond motifs is 1. The molecule has 6 heteroatoms. The smallest absolute Gasteiger partial charge is 0.409 e. The second kappa shape index (κ2) is 5.05. The van der Waals surface area contributed by atoms with E-state index in [1.807, 2.05) is 18.2 Å². The minimum Gasteiger partial charge on any atom is -0.409 e. The number of hydrogen-bond donors (Lipinski definition) is 1. The summed E-state index contributed by atoms with van der Waals surface area (Å²) >= 11 is 3.36. The van der Waals surface area contributed by atoms with Crippen molar-refractivity contribution in [3.63, 3.8) is 0 Å². The molecule has 0 unspecified atom stereocenters. The van der Waals surface area contributed by atoms with Crippen LogP contribution in [0.25, 0.3) is 0 Å². The van der Waals surface area contributed by atoms with Crippen molar-refractivity contribution in [2.45, 2.75) is 13.0 Å². The highest BCUT2D eigenvalue weighted by Gasteiger charge is 2.23. The first-order valence-corrected chi connectivity index (χ1v) is 6.76. The van der Waals surface area contributed by atoms with Gasteiger partial charge in [0.05, 0.1) is 17.2 Å². The number of H-pyrrole nitrogens is 1. The molecular formula is C13H12BrN3O2. The summed E-state index contributed by atoms with van der Waals surface area (Å²) in [6, 6.07) is 7.31. The Bertz CT molecular complexity index is 611. The zero-order valence-electron chi connectivity index (χ0n) is 10.1. The molecule has 19 heavy (non-hydrogen) atoms. The monoisotopic (exact) mass is 321 g/mol. The summed E-state index contributed by atoms with van der Waals surface area (Å²) in [5.74, 6) is 0.533. The fourth-order valence-electron chi connectivity index (χ4n) is 2.06. The summed E-state index contributed by atoms with van der Waals surface area (Å²) in [6.45, 7) is 1.17. The molecule has 1 amide bonds. The Balaban J connectivity index is 1.71. The van der Waals surface area contributed by atoms with Crippen molar-refractivity contribution in [1.82, 2.24) is 15.1 Å². The summed E-state index contributed by atoms with van der Waals surface area (Å²) in [6.07, 6.45) is 2.20. The van der Waals surface area contributed by atoms with E-state index in [1.54, 1.807) is 17.2 Å². The van der Waals surface area contributed by atoms with Crippen LogP contribution in [0.3, 0.4) is 0 Å². The third-order valence-corrected chi connectivity index (χ3v) is 3.75. The van der Waals surface area contributed by atoms with Gasteiger partial charge in [-0.3, -0.25) is 5.10 Å². The lowest BCUT2D eigenvalue weighted by molar-refractivity contribution is 0.146. The number of carbonyl (C=O) groups excluding carboxylic acids is 1. The number of halogens is 1. The number of amides is 1. The van der Waals surface area contributed by atoms with E-state index >= 15 is 0 Å². The van der Waals surface area contributed by atoms with E-state index in [-0.39, 0.29) is 6.09 Å². The first-order chi connectivity index (χ1) is 9.24. The maximum Gasteiger partial charge on any atom is 0.415 e. The van der Waals surface area contributed by atoms with Crippen molar-refractivity contribution >= 4 is 22.0 Å². The average molecular weight is 322 g/mol.